The van der Waals surface area contributed by atoms with Crippen molar-refractivity contribution in [3.05, 3.63) is 88.4 Å². The highest BCUT2D eigenvalue weighted by Gasteiger charge is 2.28. The van der Waals surface area contributed by atoms with Crippen LogP contribution in [0.15, 0.2) is 54.6 Å². The molecule has 166 valence electrons. The maximum Gasteiger partial charge on any atom is 0.336 e. The molecule has 6 nitrogen and oxygen atoms in total. The van der Waals surface area contributed by atoms with E-state index in [4.69, 9.17) is 10.1 Å². The van der Waals surface area contributed by atoms with Gasteiger partial charge in [0, 0.05) is 35.3 Å². The molecule has 0 bridgehead atoms. The molecule has 0 saturated carbocycles. The largest absolute Gasteiger partial charge is 0.478 e. The van der Waals surface area contributed by atoms with Crippen LogP contribution in [0.4, 0.5) is 0 Å². The Balaban J connectivity index is 1.73. The van der Waals surface area contributed by atoms with Crippen LogP contribution in [0.1, 0.15) is 45.5 Å². The lowest BCUT2D eigenvalue weighted by Gasteiger charge is -2.30. The van der Waals surface area contributed by atoms with Crippen LogP contribution in [0.3, 0.4) is 0 Å². The van der Waals surface area contributed by atoms with Gasteiger partial charge in [0.25, 0.3) is 0 Å². The van der Waals surface area contributed by atoms with Gasteiger partial charge in [0.15, 0.2) is 0 Å². The standard InChI is InChI=1S/C27H26N4O2/c1-4-30-15-19(14-22-17(2)29-31(18(22)3)20-10-6-5-7-11-20)26-23(16-30)25(27(32)33)21-12-8-9-13-24(21)28-26/h5-14H,4,15-16H2,1-3H3,(H,32,33)/b19-14-. The number of hydrogen-bond acceptors (Lipinski definition) is 4. The number of aromatic nitrogens is 3. The van der Waals surface area contributed by atoms with E-state index in [0.717, 1.165) is 46.0 Å². The minimum atomic E-state index is -0.911. The molecule has 5 rings (SSSR count). The van der Waals surface area contributed by atoms with E-state index < -0.39 is 5.97 Å². The summed E-state index contributed by atoms with van der Waals surface area (Å²) in [6.45, 7) is 8.28. The van der Waals surface area contributed by atoms with E-state index in [1.165, 1.54) is 0 Å². The Hall–Kier alpha value is -3.77. The average Bonchev–Trinajstić information content (AvgIpc) is 3.11. The van der Waals surface area contributed by atoms with E-state index in [1.807, 2.05) is 66.2 Å². The van der Waals surface area contributed by atoms with E-state index in [2.05, 4.69) is 24.8 Å². The molecule has 1 aliphatic rings. The lowest BCUT2D eigenvalue weighted by Crippen LogP contribution is -2.31. The highest BCUT2D eigenvalue weighted by Crippen LogP contribution is 2.35. The molecule has 0 fully saturated rings. The molecule has 0 saturated heterocycles. The molecular formula is C27H26N4O2. The number of pyridine rings is 1. The van der Waals surface area contributed by atoms with Gasteiger partial charge in [0.2, 0.25) is 0 Å². The van der Waals surface area contributed by atoms with Gasteiger partial charge in [-0.25, -0.2) is 14.5 Å². The minimum absolute atomic E-state index is 0.355. The predicted octanol–water partition coefficient (Wildman–Crippen LogP) is 5.11. The van der Waals surface area contributed by atoms with E-state index in [-0.39, 0.29) is 0 Å². The molecular weight excluding hydrogens is 412 g/mol. The number of likely N-dealkylation sites (N-methyl/N-ethyl adjacent to an activating group) is 1. The molecule has 3 heterocycles. The molecule has 0 atom stereocenters. The van der Waals surface area contributed by atoms with Crippen molar-refractivity contribution in [3.8, 4) is 5.69 Å². The smallest absolute Gasteiger partial charge is 0.336 e. The molecule has 1 N–H and O–H groups in total. The Bertz CT molecular complexity index is 1400. The second-order valence-corrected chi connectivity index (χ2v) is 8.44. The van der Waals surface area contributed by atoms with Gasteiger partial charge in [-0.05, 0) is 50.2 Å². The van der Waals surface area contributed by atoms with Gasteiger partial charge < -0.3 is 5.11 Å². The molecule has 0 amide bonds. The van der Waals surface area contributed by atoms with Crippen molar-refractivity contribution in [2.75, 3.05) is 13.1 Å². The molecule has 4 aromatic rings. The number of carbonyl (C=O) groups is 1. The minimum Gasteiger partial charge on any atom is -0.478 e. The van der Waals surface area contributed by atoms with Gasteiger partial charge >= 0.3 is 5.97 Å². The first-order chi connectivity index (χ1) is 16.0. The van der Waals surface area contributed by atoms with Crippen molar-refractivity contribution in [2.45, 2.75) is 27.3 Å². The molecule has 2 aromatic carbocycles. The molecule has 1 aliphatic heterocycles. The Morgan fingerprint density at radius 3 is 2.52 bits per heavy atom. The van der Waals surface area contributed by atoms with Crippen molar-refractivity contribution in [1.29, 1.82) is 0 Å². The maximum absolute atomic E-state index is 12.3. The van der Waals surface area contributed by atoms with Crippen LogP contribution in [-0.4, -0.2) is 43.8 Å². The van der Waals surface area contributed by atoms with Crippen molar-refractivity contribution < 1.29 is 9.90 Å². The highest BCUT2D eigenvalue weighted by atomic mass is 16.4. The summed E-state index contributed by atoms with van der Waals surface area (Å²) < 4.78 is 1.96. The van der Waals surface area contributed by atoms with Crippen LogP contribution in [0.5, 0.6) is 0 Å². The molecule has 0 unspecified atom stereocenters. The second-order valence-electron chi connectivity index (χ2n) is 8.44. The van der Waals surface area contributed by atoms with Gasteiger partial charge in [0.1, 0.15) is 0 Å². The second kappa shape index (κ2) is 8.30. The zero-order valence-electron chi connectivity index (χ0n) is 19.0. The summed E-state index contributed by atoms with van der Waals surface area (Å²) in [5, 5.41) is 15.6. The van der Waals surface area contributed by atoms with Gasteiger partial charge in [-0.2, -0.15) is 5.10 Å². The summed E-state index contributed by atoms with van der Waals surface area (Å²) in [6, 6.07) is 17.6. The van der Waals surface area contributed by atoms with Crippen molar-refractivity contribution >= 4 is 28.5 Å². The molecule has 0 aliphatic carbocycles. The Morgan fingerprint density at radius 2 is 1.79 bits per heavy atom. The van der Waals surface area contributed by atoms with Crippen LogP contribution in [-0.2, 0) is 6.54 Å². The molecule has 0 spiro atoms. The first-order valence-electron chi connectivity index (χ1n) is 11.2. The fraction of sp³-hybridized carbons (Fsp3) is 0.222. The highest BCUT2D eigenvalue weighted by molar-refractivity contribution is 6.06. The van der Waals surface area contributed by atoms with Crippen LogP contribution >= 0.6 is 0 Å². The lowest BCUT2D eigenvalue weighted by atomic mass is 9.92. The number of carboxylic acids is 1. The number of aryl methyl sites for hydroxylation is 1. The summed E-state index contributed by atoms with van der Waals surface area (Å²) in [7, 11) is 0. The number of carboxylic acid groups (broad SMARTS) is 1. The van der Waals surface area contributed by atoms with Crippen molar-refractivity contribution in [2.24, 2.45) is 0 Å². The van der Waals surface area contributed by atoms with E-state index in [1.54, 1.807) is 0 Å². The van der Waals surface area contributed by atoms with Crippen molar-refractivity contribution in [1.82, 2.24) is 19.7 Å². The Labute approximate surface area is 192 Å². The van der Waals surface area contributed by atoms with E-state index in [9.17, 15) is 9.90 Å². The third-order valence-electron chi connectivity index (χ3n) is 6.40. The third-order valence-corrected chi connectivity index (χ3v) is 6.40. The number of nitrogens with zero attached hydrogens (tertiary/aromatic N) is 4. The Kier molecular flexibility index (Phi) is 5.30. The normalized spacial score (nSPS) is 15.2. The third kappa shape index (κ3) is 3.62. The maximum atomic E-state index is 12.3. The first-order valence-corrected chi connectivity index (χ1v) is 11.2. The number of para-hydroxylation sites is 2. The SMILES string of the molecule is CCN1C/C(=C/c2c(C)nn(-c3ccccc3)c2C)c2nc3ccccc3c(C(=O)O)c2C1. The monoisotopic (exact) mass is 438 g/mol. The topological polar surface area (TPSA) is 71.2 Å². The quantitative estimate of drug-likeness (QED) is 0.479. The first kappa shape index (κ1) is 21.1. The molecule has 0 radical (unpaired) electrons. The fourth-order valence-corrected chi connectivity index (χ4v) is 4.71. The van der Waals surface area contributed by atoms with Crippen molar-refractivity contribution in [3.63, 3.8) is 0 Å². The Morgan fingerprint density at radius 1 is 1.06 bits per heavy atom. The number of aromatic carboxylic acids is 1. The molecule has 6 heteroatoms. The zero-order valence-corrected chi connectivity index (χ0v) is 19.0. The average molecular weight is 439 g/mol. The number of hydrogen-bond donors (Lipinski definition) is 1. The lowest BCUT2D eigenvalue weighted by molar-refractivity contribution is 0.0696. The van der Waals surface area contributed by atoms with Gasteiger partial charge in [-0.3, -0.25) is 4.90 Å². The summed E-state index contributed by atoms with van der Waals surface area (Å²) in [4.78, 5) is 19.5. The predicted molar refractivity (Wildman–Crippen MR) is 131 cm³/mol. The summed E-state index contributed by atoms with van der Waals surface area (Å²) >= 11 is 0. The van der Waals surface area contributed by atoms with Crippen LogP contribution in [0.2, 0.25) is 0 Å². The van der Waals surface area contributed by atoms with Gasteiger partial charge in [-0.1, -0.05) is 43.3 Å². The van der Waals surface area contributed by atoms with Crippen LogP contribution in [0, 0.1) is 13.8 Å². The molecule has 2 aromatic heterocycles. The van der Waals surface area contributed by atoms with E-state index >= 15 is 0 Å². The number of fused-ring (bicyclic) bond motifs is 2. The summed E-state index contributed by atoms with van der Waals surface area (Å²) in [6.07, 6.45) is 2.14. The van der Waals surface area contributed by atoms with E-state index in [0.29, 0.717) is 29.6 Å². The summed E-state index contributed by atoms with van der Waals surface area (Å²) in [5.74, 6) is -0.911. The zero-order chi connectivity index (χ0) is 23.1. The molecule has 33 heavy (non-hydrogen) atoms. The van der Waals surface area contributed by atoms with Gasteiger partial charge in [-0.15, -0.1) is 0 Å². The van der Waals surface area contributed by atoms with Crippen LogP contribution < -0.4 is 0 Å². The number of benzene rings is 2. The summed E-state index contributed by atoms with van der Waals surface area (Å²) in [5.41, 5.74) is 7.67. The van der Waals surface area contributed by atoms with Gasteiger partial charge in [0.05, 0.1) is 28.2 Å². The van der Waals surface area contributed by atoms with Crippen LogP contribution in [0.25, 0.3) is 28.2 Å². The number of rotatable bonds is 4. The fourth-order valence-electron chi connectivity index (χ4n) is 4.71.